The van der Waals surface area contributed by atoms with Crippen molar-refractivity contribution in [2.45, 2.75) is 6.42 Å². The van der Waals surface area contributed by atoms with Crippen molar-refractivity contribution in [3.8, 4) is 5.75 Å². The van der Waals surface area contributed by atoms with Crippen molar-refractivity contribution in [1.82, 2.24) is 5.32 Å². The van der Waals surface area contributed by atoms with Crippen LogP contribution in [0.5, 0.6) is 5.75 Å². The van der Waals surface area contributed by atoms with E-state index < -0.39 is 17.6 Å². The molecular formula is C20H20FN3O4. The van der Waals surface area contributed by atoms with Crippen molar-refractivity contribution in [2.75, 3.05) is 30.4 Å². The topological polar surface area (TPSA) is 87.7 Å². The molecule has 0 spiro atoms. The molecule has 0 aliphatic carbocycles. The Hall–Kier alpha value is -3.42. The second kappa shape index (κ2) is 8.51. The van der Waals surface area contributed by atoms with Gasteiger partial charge in [0.25, 0.3) is 0 Å². The summed E-state index contributed by atoms with van der Waals surface area (Å²) in [6.45, 7) is -0.0391. The molecule has 1 aliphatic heterocycles. The lowest BCUT2D eigenvalue weighted by Crippen LogP contribution is -2.38. The van der Waals surface area contributed by atoms with Crippen molar-refractivity contribution < 1.29 is 23.5 Å². The highest BCUT2D eigenvalue weighted by molar-refractivity contribution is 6.01. The Kier molecular flexibility index (Phi) is 5.88. The Morgan fingerprint density at radius 2 is 1.89 bits per heavy atom. The van der Waals surface area contributed by atoms with E-state index >= 15 is 0 Å². The number of methoxy groups -OCH3 is 1. The van der Waals surface area contributed by atoms with Crippen LogP contribution in [0.2, 0.25) is 0 Å². The highest BCUT2D eigenvalue weighted by Gasteiger charge is 2.35. The largest absolute Gasteiger partial charge is 0.495 e. The molecule has 2 aromatic rings. The molecule has 1 saturated heterocycles. The predicted molar refractivity (Wildman–Crippen MR) is 101 cm³/mol. The summed E-state index contributed by atoms with van der Waals surface area (Å²) in [6.07, 6.45) is 0.0390. The van der Waals surface area contributed by atoms with E-state index in [0.717, 1.165) is 0 Å². The Morgan fingerprint density at radius 3 is 2.61 bits per heavy atom. The number of nitrogens with zero attached hydrogens (tertiary/aromatic N) is 1. The van der Waals surface area contributed by atoms with Gasteiger partial charge in [-0.05, 0) is 36.4 Å². The number of benzene rings is 2. The third-order valence-corrected chi connectivity index (χ3v) is 4.44. The molecule has 0 unspecified atom stereocenters. The van der Waals surface area contributed by atoms with Gasteiger partial charge >= 0.3 is 0 Å². The fourth-order valence-corrected chi connectivity index (χ4v) is 3.01. The summed E-state index contributed by atoms with van der Waals surface area (Å²) < 4.78 is 18.2. The molecule has 0 saturated carbocycles. The summed E-state index contributed by atoms with van der Waals surface area (Å²) in [4.78, 5) is 38.1. The van der Waals surface area contributed by atoms with Crippen LogP contribution >= 0.6 is 0 Å². The van der Waals surface area contributed by atoms with E-state index in [2.05, 4.69) is 10.6 Å². The van der Waals surface area contributed by atoms with Gasteiger partial charge in [0.1, 0.15) is 11.6 Å². The van der Waals surface area contributed by atoms with Crippen molar-refractivity contribution in [1.29, 1.82) is 0 Å². The van der Waals surface area contributed by atoms with Gasteiger partial charge in [0, 0.05) is 18.7 Å². The number of carbonyl (C=O) groups is 3. The Labute approximate surface area is 161 Å². The average molecular weight is 385 g/mol. The summed E-state index contributed by atoms with van der Waals surface area (Å²) in [5.41, 5.74) is 1.04. The summed E-state index contributed by atoms with van der Waals surface area (Å²) >= 11 is 0. The first-order valence-electron chi connectivity index (χ1n) is 8.74. The van der Waals surface area contributed by atoms with Gasteiger partial charge in [-0.1, -0.05) is 12.1 Å². The summed E-state index contributed by atoms with van der Waals surface area (Å²) in [6, 6.07) is 12.4. The molecule has 0 aromatic heterocycles. The Morgan fingerprint density at radius 1 is 1.18 bits per heavy atom. The van der Waals surface area contributed by atoms with Crippen molar-refractivity contribution in [2.24, 2.45) is 5.92 Å². The van der Waals surface area contributed by atoms with Crippen LogP contribution in [0.1, 0.15) is 6.42 Å². The third kappa shape index (κ3) is 4.46. The molecular weight excluding hydrogens is 365 g/mol. The number of amides is 3. The van der Waals surface area contributed by atoms with Crippen LogP contribution in [0.15, 0.2) is 48.5 Å². The molecule has 1 aliphatic rings. The van der Waals surface area contributed by atoms with Crippen LogP contribution in [0, 0.1) is 11.7 Å². The van der Waals surface area contributed by atoms with Gasteiger partial charge < -0.3 is 20.3 Å². The van der Waals surface area contributed by atoms with Gasteiger partial charge in [-0.25, -0.2) is 4.39 Å². The van der Waals surface area contributed by atoms with Crippen LogP contribution in [0.25, 0.3) is 0 Å². The van der Waals surface area contributed by atoms with E-state index in [0.29, 0.717) is 17.1 Å². The van der Waals surface area contributed by atoms with E-state index in [4.69, 9.17) is 4.74 Å². The van der Waals surface area contributed by atoms with Crippen molar-refractivity contribution in [3.05, 3.63) is 54.3 Å². The monoisotopic (exact) mass is 385 g/mol. The van der Waals surface area contributed by atoms with Crippen molar-refractivity contribution >= 4 is 29.1 Å². The first-order valence-corrected chi connectivity index (χ1v) is 8.74. The molecule has 28 heavy (non-hydrogen) atoms. The first-order chi connectivity index (χ1) is 13.5. The van der Waals surface area contributed by atoms with E-state index in [9.17, 15) is 18.8 Å². The lowest BCUT2D eigenvalue weighted by Gasteiger charge is -2.16. The van der Waals surface area contributed by atoms with Gasteiger partial charge in [0.2, 0.25) is 17.7 Å². The minimum Gasteiger partial charge on any atom is -0.495 e. The summed E-state index contributed by atoms with van der Waals surface area (Å²) in [7, 11) is 1.50. The molecule has 8 heteroatoms. The molecule has 3 rings (SSSR count). The average Bonchev–Trinajstić information content (AvgIpc) is 3.09. The summed E-state index contributed by atoms with van der Waals surface area (Å²) in [5, 5.41) is 5.22. The zero-order valence-corrected chi connectivity index (χ0v) is 15.3. The molecule has 146 valence electrons. The number of hydrogen-bond acceptors (Lipinski definition) is 4. The molecule has 1 heterocycles. The van der Waals surface area contributed by atoms with Gasteiger partial charge in [-0.3, -0.25) is 14.4 Å². The zero-order valence-electron chi connectivity index (χ0n) is 15.3. The molecule has 2 aromatic carbocycles. The number of para-hydroxylation sites is 2. The number of hydrogen-bond donors (Lipinski definition) is 2. The molecule has 1 atom stereocenters. The molecule has 2 N–H and O–H groups in total. The molecule has 0 bridgehead atoms. The number of rotatable bonds is 6. The maximum absolute atomic E-state index is 13.0. The lowest BCUT2D eigenvalue weighted by molar-refractivity contribution is -0.127. The van der Waals surface area contributed by atoms with Crippen molar-refractivity contribution in [3.63, 3.8) is 0 Å². The highest BCUT2D eigenvalue weighted by atomic mass is 19.1. The minimum atomic E-state index is -0.573. The fraction of sp³-hybridized carbons (Fsp3) is 0.250. The lowest BCUT2D eigenvalue weighted by atomic mass is 10.1. The van der Waals surface area contributed by atoms with Crippen LogP contribution in [-0.4, -0.2) is 37.9 Å². The second-order valence-corrected chi connectivity index (χ2v) is 6.35. The van der Waals surface area contributed by atoms with Gasteiger partial charge in [0.05, 0.1) is 25.3 Å². The number of anilines is 2. The van der Waals surface area contributed by atoms with Crippen LogP contribution in [0.4, 0.5) is 15.8 Å². The third-order valence-electron chi connectivity index (χ3n) is 4.44. The maximum Gasteiger partial charge on any atom is 0.243 e. The first kappa shape index (κ1) is 19.3. The quantitative estimate of drug-likeness (QED) is 0.796. The molecule has 7 nitrogen and oxygen atoms in total. The highest BCUT2D eigenvalue weighted by Crippen LogP contribution is 2.25. The van der Waals surface area contributed by atoms with E-state index in [1.54, 1.807) is 24.3 Å². The molecule has 1 fully saturated rings. The number of nitrogens with one attached hydrogen (secondary N) is 2. The number of carbonyl (C=O) groups excluding carboxylic acids is 3. The van der Waals surface area contributed by atoms with Gasteiger partial charge in [0.15, 0.2) is 0 Å². The fourth-order valence-electron chi connectivity index (χ4n) is 3.01. The van der Waals surface area contributed by atoms with E-state index in [1.165, 1.54) is 36.3 Å². The minimum absolute atomic E-state index is 0.0390. The smallest absolute Gasteiger partial charge is 0.243 e. The standard InChI is InChI=1S/C20H20FN3O4/c1-28-17-5-3-2-4-16(17)23-18(25)11-22-20(27)13-10-19(26)24(12-13)15-8-6-14(21)7-9-15/h2-9,13H,10-12H2,1H3,(H,22,27)(H,23,25)/t13-/m1/s1. The Bertz CT molecular complexity index is 885. The summed E-state index contributed by atoms with van der Waals surface area (Å²) in [5.74, 6) is -1.46. The van der Waals surface area contributed by atoms with E-state index in [-0.39, 0.29) is 31.3 Å². The maximum atomic E-state index is 13.0. The zero-order chi connectivity index (χ0) is 20.1. The van der Waals surface area contributed by atoms with Crippen LogP contribution in [-0.2, 0) is 14.4 Å². The Balaban J connectivity index is 1.53. The van der Waals surface area contributed by atoms with Crippen LogP contribution < -0.4 is 20.3 Å². The molecule has 0 radical (unpaired) electrons. The van der Waals surface area contributed by atoms with E-state index in [1.807, 2.05) is 0 Å². The van der Waals surface area contributed by atoms with Crippen LogP contribution in [0.3, 0.4) is 0 Å². The predicted octanol–water partition coefficient (Wildman–Crippen LogP) is 1.94. The molecule has 3 amide bonds. The number of ether oxygens (including phenoxy) is 1. The normalized spacial score (nSPS) is 16.0. The SMILES string of the molecule is COc1ccccc1NC(=O)CNC(=O)[C@@H]1CC(=O)N(c2ccc(F)cc2)C1. The second-order valence-electron chi connectivity index (χ2n) is 6.35. The van der Waals surface area contributed by atoms with Gasteiger partial charge in [-0.2, -0.15) is 0 Å². The number of halogens is 1. The van der Waals surface area contributed by atoms with Gasteiger partial charge in [-0.15, -0.1) is 0 Å².